The summed E-state index contributed by atoms with van der Waals surface area (Å²) in [5.41, 5.74) is -1.14. The topological polar surface area (TPSA) is 105 Å². The van der Waals surface area contributed by atoms with Gasteiger partial charge in [0.25, 0.3) is 0 Å². The van der Waals surface area contributed by atoms with E-state index in [1.165, 1.54) is 0 Å². The van der Waals surface area contributed by atoms with Gasteiger partial charge in [0, 0.05) is 0 Å². The first-order valence-electron chi connectivity index (χ1n) is 10.4. The number of ether oxygens (including phenoxy) is 4. The highest BCUT2D eigenvalue weighted by Gasteiger charge is 2.22. The van der Waals surface area contributed by atoms with Crippen LogP contribution in [0.2, 0.25) is 0 Å². The lowest BCUT2D eigenvalue weighted by molar-refractivity contribution is -0.166. The maximum Gasteiger partial charge on any atom is 0.317 e. The van der Waals surface area contributed by atoms with Crippen LogP contribution in [0.1, 0.15) is 93.9 Å². The van der Waals surface area contributed by atoms with Crippen molar-refractivity contribution in [2.24, 2.45) is 0 Å². The highest BCUT2D eigenvalue weighted by Crippen LogP contribution is 2.11. The van der Waals surface area contributed by atoms with Gasteiger partial charge in [0.1, 0.15) is 24.0 Å². The molecule has 0 N–H and O–H groups in total. The van der Waals surface area contributed by atoms with Crippen LogP contribution in [-0.2, 0) is 38.1 Å². The molecule has 0 rings (SSSR count). The summed E-state index contributed by atoms with van der Waals surface area (Å²) in [6.45, 7) is 15.3. The molecule has 0 aliphatic carbocycles. The predicted molar refractivity (Wildman–Crippen MR) is 113 cm³/mol. The van der Waals surface area contributed by atoms with Gasteiger partial charge in [-0.1, -0.05) is 26.7 Å². The van der Waals surface area contributed by atoms with E-state index in [1.807, 2.05) is 13.8 Å². The third kappa shape index (κ3) is 23.9. The van der Waals surface area contributed by atoms with Crippen molar-refractivity contribution in [1.29, 1.82) is 0 Å². The first kappa shape index (κ1) is 30.1. The molecule has 0 aliphatic heterocycles. The fourth-order valence-corrected chi connectivity index (χ4v) is 1.75. The van der Waals surface area contributed by atoms with E-state index in [2.05, 4.69) is 0 Å². The second-order valence-electron chi connectivity index (χ2n) is 8.67. The quantitative estimate of drug-likeness (QED) is 0.220. The van der Waals surface area contributed by atoms with E-state index < -0.39 is 35.1 Å². The lowest BCUT2D eigenvalue weighted by atomic mass is 10.2. The van der Waals surface area contributed by atoms with Gasteiger partial charge in [-0.3, -0.25) is 19.2 Å². The molecule has 176 valence electrons. The van der Waals surface area contributed by atoms with Crippen LogP contribution in [0.4, 0.5) is 0 Å². The average Bonchev–Trinajstić information content (AvgIpc) is 2.52. The minimum atomic E-state index is -0.570. The second-order valence-corrected chi connectivity index (χ2v) is 8.67. The van der Waals surface area contributed by atoms with Gasteiger partial charge in [-0.25, -0.2) is 0 Å². The zero-order valence-electron chi connectivity index (χ0n) is 19.9. The lowest BCUT2D eigenvalue weighted by Gasteiger charge is -2.21. The molecule has 8 nitrogen and oxygen atoms in total. The van der Waals surface area contributed by atoms with Crippen molar-refractivity contribution in [2.45, 2.75) is 105 Å². The van der Waals surface area contributed by atoms with E-state index in [1.54, 1.807) is 41.5 Å². The molecule has 30 heavy (non-hydrogen) atoms. The number of unbranched alkanes of at least 4 members (excludes halogenated alkanes) is 2. The summed E-state index contributed by atoms with van der Waals surface area (Å²) in [4.78, 5) is 44.5. The molecule has 0 bridgehead atoms. The summed E-state index contributed by atoms with van der Waals surface area (Å²) in [5, 5.41) is 0. The number of hydrogen-bond donors (Lipinski definition) is 0. The zero-order chi connectivity index (χ0) is 23.8. The smallest absolute Gasteiger partial charge is 0.317 e. The molecule has 0 radical (unpaired) electrons. The number of hydrogen-bond acceptors (Lipinski definition) is 8. The Balaban J connectivity index is 0. The van der Waals surface area contributed by atoms with Crippen molar-refractivity contribution < 1.29 is 38.1 Å². The third-order valence-corrected chi connectivity index (χ3v) is 2.94. The van der Waals surface area contributed by atoms with Crippen LogP contribution in [0.3, 0.4) is 0 Å². The number of carbonyl (C=O) groups excluding carboxylic acids is 4. The van der Waals surface area contributed by atoms with E-state index >= 15 is 0 Å². The molecular formula is C22H40O8. The Kier molecular flexibility index (Phi) is 15.7. The number of rotatable bonds is 10. The first-order valence-corrected chi connectivity index (χ1v) is 10.4. The molecule has 0 aliphatic rings. The highest BCUT2D eigenvalue weighted by atomic mass is 16.6. The van der Waals surface area contributed by atoms with Gasteiger partial charge in [-0.2, -0.15) is 0 Å². The molecule has 0 spiro atoms. The van der Waals surface area contributed by atoms with Gasteiger partial charge in [-0.05, 0) is 54.4 Å². The molecule has 0 aromatic heterocycles. The Morgan fingerprint density at radius 2 is 0.867 bits per heavy atom. The van der Waals surface area contributed by atoms with Crippen LogP contribution in [0.5, 0.6) is 0 Å². The second kappa shape index (κ2) is 15.7. The van der Waals surface area contributed by atoms with Crippen LogP contribution in [0, 0.1) is 0 Å². The maximum absolute atomic E-state index is 11.2. The van der Waals surface area contributed by atoms with Crippen LogP contribution in [0.15, 0.2) is 0 Å². The van der Waals surface area contributed by atoms with E-state index in [4.69, 9.17) is 18.9 Å². The largest absolute Gasteiger partial charge is 0.465 e. The molecule has 0 aromatic rings. The summed E-state index contributed by atoms with van der Waals surface area (Å²) in [6.07, 6.45) is 2.98. The average molecular weight is 433 g/mol. The van der Waals surface area contributed by atoms with E-state index in [0.717, 1.165) is 25.7 Å². The van der Waals surface area contributed by atoms with Gasteiger partial charge < -0.3 is 18.9 Å². The number of esters is 4. The van der Waals surface area contributed by atoms with Gasteiger partial charge in [0.05, 0.1) is 13.2 Å². The first-order chi connectivity index (χ1) is 13.7. The van der Waals surface area contributed by atoms with Crippen molar-refractivity contribution in [3.05, 3.63) is 0 Å². The molecule has 0 heterocycles. The van der Waals surface area contributed by atoms with E-state index in [-0.39, 0.29) is 12.8 Å². The molecule has 8 heteroatoms. The monoisotopic (exact) mass is 432 g/mol. The summed E-state index contributed by atoms with van der Waals surface area (Å²) >= 11 is 0. The molecule has 0 fully saturated rings. The van der Waals surface area contributed by atoms with Gasteiger partial charge in [0.15, 0.2) is 0 Å². The van der Waals surface area contributed by atoms with Crippen molar-refractivity contribution in [1.82, 2.24) is 0 Å². The lowest BCUT2D eigenvalue weighted by Crippen LogP contribution is -2.29. The summed E-state index contributed by atoms with van der Waals surface area (Å²) < 4.78 is 19.6. The Labute approximate surface area is 181 Å². The Morgan fingerprint density at radius 3 is 1.13 bits per heavy atom. The number of carbonyl (C=O) groups is 4. The minimum Gasteiger partial charge on any atom is -0.465 e. The van der Waals surface area contributed by atoms with Crippen molar-refractivity contribution in [2.75, 3.05) is 13.2 Å². The fourth-order valence-electron chi connectivity index (χ4n) is 1.75. The van der Waals surface area contributed by atoms with Gasteiger partial charge in [-0.15, -0.1) is 0 Å². The third-order valence-electron chi connectivity index (χ3n) is 2.94. The molecular weight excluding hydrogens is 392 g/mol. The Hall–Kier alpha value is -2.12. The van der Waals surface area contributed by atoms with Gasteiger partial charge in [0.2, 0.25) is 0 Å². The molecule has 0 unspecified atom stereocenters. The molecule has 0 amide bonds. The molecule has 0 aromatic carbocycles. The zero-order valence-corrected chi connectivity index (χ0v) is 19.9. The standard InChI is InChI=1S/2C11H20O4/c1-10(2,3)14-8(12)7-9(13)15-11(4,5)6;1-3-5-7-14-10(12)9-11(13)15-8-6-4-2/h7H2,1-6H3;3-9H2,1-2H3. The normalized spacial score (nSPS) is 10.9. The summed E-state index contributed by atoms with van der Waals surface area (Å²) in [6, 6.07) is 0. The van der Waals surface area contributed by atoms with Crippen LogP contribution in [-0.4, -0.2) is 48.3 Å². The SMILES string of the molecule is CC(C)(C)OC(=O)CC(=O)OC(C)(C)C.CCCCOC(=O)CC(=O)OCCCC. The fraction of sp³-hybridized carbons (Fsp3) is 0.818. The van der Waals surface area contributed by atoms with Crippen molar-refractivity contribution >= 4 is 23.9 Å². The Morgan fingerprint density at radius 1 is 0.567 bits per heavy atom. The van der Waals surface area contributed by atoms with Crippen LogP contribution >= 0.6 is 0 Å². The Bertz CT molecular complexity index is 480. The molecule has 0 saturated carbocycles. The van der Waals surface area contributed by atoms with Crippen molar-refractivity contribution in [3.8, 4) is 0 Å². The molecule has 0 saturated heterocycles. The maximum atomic E-state index is 11.2. The van der Waals surface area contributed by atoms with Gasteiger partial charge >= 0.3 is 23.9 Å². The highest BCUT2D eigenvalue weighted by molar-refractivity contribution is 5.91. The summed E-state index contributed by atoms with van der Waals surface area (Å²) in [7, 11) is 0. The molecule has 0 atom stereocenters. The predicted octanol–water partition coefficient (Wildman–Crippen LogP) is 4.12. The van der Waals surface area contributed by atoms with E-state index in [9.17, 15) is 19.2 Å². The van der Waals surface area contributed by atoms with E-state index in [0.29, 0.717) is 13.2 Å². The summed E-state index contributed by atoms with van der Waals surface area (Å²) in [5.74, 6) is -2.11. The van der Waals surface area contributed by atoms with Crippen LogP contribution in [0.25, 0.3) is 0 Å². The van der Waals surface area contributed by atoms with Crippen LogP contribution < -0.4 is 0 Å². The van der Waals surface area contributed by atoms with Crippen molar-refractivity contribution in [3.63, 3.8) is 0 Å². The minimum absolute atomic E-state index is 0.270.